The number of methoxy groups -OCH3 is 2. The summed E-state index contributed by atoms with van der Waals surface area (Å²) in [4.78, 5) is 15.1. The number of nitrogens with zero attached hydrogens (tertiary/aromatic N) is 2. The average molecular weight is 377 g/mol. The number of amides is 2. The second-order valence-corrected chi connectivity index (χ2v) is 6.63. The van der Waals surface area contributed by atoms with Gasteiger partial charge in [-0.2, -0.15) is 0 Å². The number of fused-ring (bicyclic) bond motifs is 1. The molecule has 0 saturated carbocycles. The highest BCUT2D eigenvalue weighted by Crippen LogP contribution is 2.34. The molecule has 2 aromatic carbocycles. The third-order valence-corrected chi connectivity index (χ3v) is 5.08. The van der Waals surface area contributed by atoms with Gasteiger partial charge in [-0.15, -0.1) is 0 Å². The molecule has 1 N–H and O–H groups in total. The number of aromatic nitrogens is 1. The van der Waals surface area contributed by atoms with Crippen LogP contribution in [0.3, 0.4) is 0 Å². The lowest BCUT2D eigenvalue weighted by Crippen LogP contribution is -2.44. The molecular formula is C22H23N3O3. The molecule has 0 radical (unpaired) electrons. The number of nitrogens with one attached hydrogen (secondary N) is 1. The third kappa shape index (κ3) is 3.29. The van der Waals surface area contributed by atoms with E-state index in [4.69, 9.17) is 9.47 Å². The molecule has 4 rings (SSSR count). The zero-order valence-corrected chi connectivity index (χ0v) is 16.0. The summed E-state index contributed by atoms with van der Waals surface area (Å²) in [6, 6.07) is 19.0. The van der Waals surface area contributed by atoms with Crippen LogP contribution in [0.5, 0.6) is 11.5 Å². The Balaban J connectivity index is 1.67. The molecule has 2 amide bonds. The number of rotatable bonds is 4. The van der Waals surface area contributed by atoms with Crippen LogP contribution < -0.4 is 14.8 Å². The minimum Gasteiger partial charge on any atom is -0.497 e. The summed E-state index contributed by atoms with van der Waals surface area (Å²) in [7, 11) is 3.24. The fourth-order valence-electron chi connectivity index (χ4n) is 3.67. The quantitative estimate of drug-likeness (QED) is 0.743. The number of ether oxygens (including phenoxy) is 2. The van der Waals surface area contributed by atoms with Crippen molar-refractivity contribution in [2.24, 2.45) is 0 Å². The average Bonchev–Trinajstić information content (AvgIpc) is 3.22. The molecule has 1 aliphatic heterocycles. The van der Waals surface area contributed by atoms with Crippen LogP contribution in [0, 0.1) is 0 Å². The van der Waals surface area contributed by atoms with E-state index in [0.717, 1.165) is 23.6 Å². The number of carbonyl (C=O) groups excluding carboxylic acids is 1. The lowest BCUT2D eigenvalue weighted by molar-refractivity contribution is 0.181. The highest BCUT2D eigenvalue weighted by atomic mass is 16.5. The van der Waals surface area contributed by atoms with E-state index in [-0.39, 0.29) is 12.1 Å². The van der Waals surface area contributed by atoms with Crippen molar-refractivity contribution in [3.8, 4) is 11.5 Å². The molecule has 144 valence electrons. The van der Waals surface area contributed by atoms with Gasteiger partial charge in [-0.05, 0) is 42.0 Å². The van der Waals surface area contributed by atoms with Gasteiger partial charge in [0.1, 0.15) is 11.5 Å². The largest absolute Gasteiger partial charge is 0.497 e. The summed E-state index contributed by atoms with van der Waals surface area (Å²) in [6.45, 7) is 1.37. The number of anilines is 1. The highest BCUT2D eigenvalue weighted by molar-refractivity contribution is 5.91. The van der Waals surface area contributed by atoms with Crippen molar-refractivity contribution in [1.29, 1.82) is 0 Å². The maximum atomic E-state index is 13.2. The van der Waals surface area contributed by atoms with Crippen molar-refractivity contribution in [3.63, 3.8) is 0 Å². The fraction of sp³-hybridized carbons (Fsp3) is 0.227. The van der Waals surface area contributed by atoms with Crippen molar-refractivity contribution < 1.29 is 14.3 Å². The van der Waals surface area contributed by atoms with Gasteiger partial charge in [-0.3, -0.25) is 0 Å². The van der Waals surface area contributed by atoms with Crippen LogP contribution in [0.2, 0.25) is 0 Å². The van der Waals surface area contributed by atoms with Gasteiger partial charge in [0.25, 0.3) is 0 Å². The lowest BCUT2D eigenvalue weighted by Gasteiger charge is -2.37. The predicted molar refractivity (Wildman–Crippen MR) is 108 cm³/mol. The SMILES string of the molecule is COc1ccc([C@@H]2c3cccn3CCN2C(=O)Nc2ccccc2OC)cc1. The van der Waals surface area contributed by atoms with Gasteiger partial charge in [0, 0.05) is 25.0 Å². The number of urea groups is 1. The smallest absolute Gasteiger partial charge is 0.322 e. The highest BCUT2D eigenvalue weighted by Gasteiger charge is 2.32. The summed E-state index contributed by atoms with van der Waals surface area (Å²) < 4.78 is 12.8. The van der Waals surface area contributed by atoms with Crippen LogP contribution in [0.15, 0.2) is 66.9 Å². The Hall–Kier alpha value is -3.41. The van der Waals surface area contributed by atoms with Crippen LogP contribution in [0.1, 0.15) is 17.3 Å². The molecule has 0 spiro atoms. The molecular weight excluding hydrogens is 354 g/mol. The molecule has 0 bridgehead atoms. The summed E-state index contributed by atoms with van der Waals surface area (Å²) in [5.74, 6) is 1.43. The number of para-hydroxylation sites is 2. The maximum absolute atomic E-state index is 13.2. The van der Waals surface area contributed by atoms with Crippen molar-refractivity contribution in [1.82, 2.24) is 9.47 Å². The van der Waals surface area contributed by atoms with Crippen LogP contribution >= 0.6 is 0 Å². The van der Waals surface area contributed by atoms with Gasteiger partial charge in [0.2, 0.25) is 0 Å². The van der Waals surface area contributed by atoms with E-state index in [0.29, 0.717) is 18.0 Å². The zero-order chi connectivity index (χ0) is 19.5. The Morgan fingerprint density at radius 2 is 1.75 bits per heavy atom. The van der Waals surface area contributed by atoms with Crippen LogP contribution in [0.4, 0.5) is 10.5 Å². The van der Waals surface area contributed by atoms with E-state index < -0.39 is 0 Å². The second-order valence-electron chi connectivity index (χ2n) is 6.63. The van der Waals surface area contributed by atoms with Crippen LogP contribution in [0.25, 0.3) is 0 Å². The Labute approximate surface area is 164 Å². The monoisotopic (exact) mass is 377 g/mol. The molecule has 1 aliphatic rings. The summed E-state index contributed by atoms with van der Waals surface area (Å²) in [5, 5.41) is 3.00. The summed E-state index contributed by atoms with van der Waals surface area (Å²) >= 11 is 0. The summed E-state index contributed by atoms with van der Waals surface area (Å²) in [6.07, 6.45) is 2.06. The molecule has 0 aliphatic carbocycles. The Morgan fingerprint density at radius 3 is 2.50 bits per heavy atom. The predicted octanol–water partition coefficient (Wildman–Crippen LogP) is 4.14. The molecule has 2 heterocycles. The molecule has 3 aromatic rings. The first-order valence-corrected chi connectivity index (χ1v) is 9.21. The van der Waals surface area contributed by atoms with E-state index in [2.05, 4.69) is 22.1 Å². The standard InChI is InChI=1S/C22H23N3O3/c1-27-17-11-9-16(10-12-17)21-19-7-5-13-24(19)14-15-25(21)22(26)23-18-6-3-4-8-20(18)28-2/h3-13,21H,14-15H2,1-2H3,(H,23,26)/t21-/m1/s1. The molecule has 6 nitrogen and oxygen atoms in total. The Bertz CT molecular complexity index is 965. The molecule has 0 saturated heterocycles. The molecule has 0 fully saturated rings. The minimum atomic E-state index is -0.177. The fourth-order valence-corrected chi connectivity index (χ4v) is 3.67. The Kier molecular flexibility index (Phi) is 4.93. The van der Waals surface area contributed by atoms with Crippen LogP contribution in [-0.4, -0.2) is 36.3 Å². The van der Waals surface area contributed by atoms with Crippen molar-refractivity contribution in [3.05, 3.63) is 78.1 Å². The molecule has 1 atom stereocenters. The van der Waals surface area contributed by atoms with Gasteiger partial charge >= 0.3 is 6.03 Å². The van der Waals surface area contributed by atoms with Gasteiger partial charge in [-0.1, -0.05) is 24.3 Å². The first-order chi connectivity index (χ1) is 13.7. The number of benzene rings is 2. The van der Waals surface area contributed by atoms with Gasteiger partial charge in [0.05, 0.1) is 25.9 Å². The normalized spacial score (nSPS) is 15.6. The van der Waals surface area contributed by atoms with E-state index in [1.807, 2.05) is 59.5 Å². The van der Waals surface area contributed by atoms with Crippen molar-refractivity contribution in [2.75, 3.05) is 26.1 Å². The maximum Gasteiger partial charge on any atom is 0.322 e. The minimum absolute atomic E-state index is 0.155. The van der Waals surface area contributed by atoms with Gasteiger partial charge in [-0.25, -0.2) is 4.79 Å². The molecule has 28 heavy (non-hydrogen) atoms. The second kappa shape index (κ2) is 7.68. The zero-order valence-electron chi connectivity index (χ0n) is 16.0. The third-order valence-electron chi connectivity index (χ3n) is 5.08. The van der Waals surface area contributed by atoms with Gasteiger partial charge < -0.3 is 24.3 Å². The first-order valence-electron chi connectivity index (χ1n) is 9.21. The molecule has 1 aromatic heterocycles. The van der Waals surface area contributed by atoms with Crippen molar-refractivity contribution in [2.45, 2.75) is 12.6 Å². The van der Waals surface area contributed by atoms with Crippen LogP contribution in [-0.2, 0) is 6.54 Å². The van der Waals surface area contributed by atoms with E-state index in [1.54, 1.807) is 14.2 Å². The molecule has 0 unspecified atom stereocenters. The van der Waals surface area contributed by atoms with E-state index in [1.165, 1.54) is 0 Å². The summed E-state index contributed by atoms with van der Waals surface area (Å²) in [5.41, 5.74) is 2.78. The van der Waals surface area contributed by atoms with Crippen molar-refractivity contribution >= 4 is 11.7 Å². The topological polar surface area (TPSA) is 55.7 Å². The number of carbonyl (C=O) groups is 1. The van der Waals surface area contributed by atoms with Gasteiger partial charge in [0.15, 0.2) is 0 Å². The first kappa shape index (κ1) is 18.0. The molecule has 6 heteroatoms. The van der Waals surface area contributed by atoms with E-state index >= 15 is 0 Å². The number of hydrogen-bond acceptors (Lipinski definition) is 3. The number of hydrogen-bond donors (Lipinski definition) is 1. The Morgan fingerprint density at radius 1 is 0.964 bits per heavy atom. The lowest BCUT2D eigenvalue weighted by atomic mass is 10.00. The van der Waals surface area contributed by atoms with E-state index in [9.17, 15) is 4.79 Å².